The van der Waals surface area contributed by atoms with Crippen molar-refractivity contribution >= 4 is 39.2 Å². The van der Waals surface area contributed by atoms with E-state index in [4.69, 9.17) is 23.2 Å². The van der Waals surface area contributed by atoms with E-state index < -0.39 is 57.8 Å². The molecule has 0 saturated heterocycles. The summed E-state index contributed by atoms with van der Waals surface area (Å²) in [6.45, 7) is 1.68. The zero-order valence-electron chi connectivity index (χ0n) is 14.3. The molecule has 1 aliphatic heterocycles. The van der Waals surface area contributed by atoms with Crippen LogP contribution >= 0.6 is 0 Å². The van der Waals surface area contributed by atoms with E-state index in [9.17, 15) is 31.6 Å². The molecular formula is C15H10F2O11S. The summed E-state index contributed by atoms with van der Waals surface area (Å²) >= 11 is 0. The number of hydrogen-bond donors (Lipinski definition) is 1. The molecule has 3 heterocycles. The molecule has 0 fully saturated rings. The first-order chi connectivity index (χ1) is 13.3. The smallest absolute Gasteiger partial charge is 0.392 e. The summed E-state index contributed by atoms with van der Waals surface area (Å²) in [5.41, 5.74) is -1.07. The zero-order chi connectivity index (χ0) is 21.7. The largest absolute Gasteiger partial charge is 0.444 e. The van der Waals surface area contributed by atoms with Crippen LogP contribution in [0, 0.1) is 0 Å². The Hall–Kier alpha value is -3.10. The highest BCUT2D eigenvalue weighted by Crippen LogP contribution is 2.55. The molecule has 2 bridgehead atoms. The molecule has 2 aromatic rings. The molecule has 1 aliphatic rings. The fraction of sp³-hybridized carbons (Fsp3) is 0.267. The van der Waals surface area contributed by atoms with Crippen LogP contribution in [0.4, 0.5) is 8.78 Å². The van der Waals surface area contributed by atoms with Crippen LogP contribution < -0.4 is 14.2 Å². The second-order valence-corrected chi connectivity index (χ2v) is 7.25. The first-order valence-corrected chi connectivity index (χ1v) is 8.92. The molecule has 156 valence electrons. The van der Waals surface area contributed by atoms with Crippen molar-refractivity contribution in [2.24, 2.45) is 0 Å². The van der Waals surface area contributed by atoms with Gasteiger partial charge >= 0.3 is 33.3 Å². The molecule has 0 saturated carbocycles. The van der Waals surface area contributed by atoms with E-state index >= 15 is 0 Å². The lowest BCUT2D eigenvalue weighted by atomic mass is 10.2. The Balaban J connectivity index is 1.71. The molecule has 0 amide bonds. The van der Waals surface area contributed by atoms with E-state index in [0.29, 0.717) is 0 Å². The maximum atomic E-state index is 13.1. The van der Waals surface area contributed by atoms with Crippen molar-refractivity contribution in [1.82, 2.24) is 0 Å². The Labute approximate surface area is 159 Å². The normalized spacial score (nSPS) is 13.6. The maximum Gasteiger partial charge on any atom is 0.392 e. The van der Waals surface area contributed by atoms with Gasteiger partial charge in [-0.05, 0) is 0 Å². The van der Waals surface area contributed by atoms with Crippen molar-refractivity contribution in [2.45, 2.75) is 12.2 Å². The third-order valence-electron chi connectivity index (χ3n) is 3.54. The molecule has 14 heteroatoms. The second-order valence-electron chi connectivity index (χ2n) is 5.70. The maximum absolute atomic E-state index is 13.1. The average molecular weight is 436 g/mol. The van der Waals surface area contributed by atoms with Gasteiger partial charge in [-0.15, -0.1) is 0 Å². The van der Waals surface area contributed by atoms with Gasteiger partial charge in [-0.25, -0.2) is 9.59 Å². The minimum Gasteiger partial charge on any atom is -0.444 e. The van der Waals surface area contributed by atoms with Crippen LogP contribution in [0.5, 0.6) is 17.2 Å². The third kappa shape index (κ3) is 3.52. The lowest BCUT2D eigenvalue weighted by Crippen LogP contribution is -2.34. The molecule has 0 aromatic carbocycles. The summed E-state index contributed by atoms with van der Waals surface area (Å²) in [5.74, 6) is -3.87. The Kier molecular flexibility index (Phi) is 4.80. The van der Waals surface area contributed by atoms with Gasteiger partial charge in [0.2, 0.25) is 17.1 Å². The SMILES string of the molecule is C=C(COCC(F)(F)S(=O)(=O)O)C(=O)Oc1c2c3oc1c(OC(C)=O)c3C(=O)O2. The van der Waals surface area contributed by atoms with E-state index in [2.05, 4.69) is 11.3 Å². The van der Waals surface area contributed by atoms with Gasteiger partial charge in [0.05, 0.1) is 12.2 Å². The number of furan rings is 2. The van der Waals surface area contributed by atoms with E-state index in [1.54, 1.807) is 0 Å². The van der Waals surface area contributed by atoms with Crippen molar-refractivity contribution in [3.63, 3.8) is 0 Å². The van der Waals surface area contributed by atoms with Crippen LogP contribution in [0.1, 0.15) is 17.3 Å². The van der Waals surface area contributed by atoms with Gasteiger partial charge in [0.25, 0.3) is 0 Å². The minimum absolute atomic E-state index is 0.112. The fourth-order valence-electron chi connectivity index (χ4n) is 2.28. The van der Waals surface area contributed by atoms with Gasteiger partial charge in [0.15, 0.2) is 16.9 Å². The Bertz CT molecular complexity index is 1140. The van der Waals surface area contributed by atoms with Gasteiger partial charge in [-0.2, -0.15) is 17.2 Å². The van der Waals surface area contributed by atoms with Crippen LogP contribution in [0.15, 0.2) is 16.6 Å². The Morgan fingerprint density at radius 1 is 1.21 bits per heavy atom. The second kappa shape index (κ2) is 6.75. The minimum atomic E-state index is -5.70. The van der Waals surface area contributed by atoms with Crippen LogP contribution in [0.2, 0.25) is 0 Å². The summed E-state index contributed by atoms with van der Waals surface area (Å²) in [4.78, 5) is 35.1. The summed E-state index contributed by atoms with van der Waals surface area (Å²) in [6, 6.07) is 0. The van der Waals surface area contributed by atoms with Crippen molar-refractivity contribution in [1.29, 1.82) is 0 Å². The van der Waals surface area contributed by atoms with Gasteiger partial charge in [0.1, 0.15) is 6.61 Å². The predicted molar refractivity (Wildman–Crippen MR) is 85.8 cm³/mol. The molecule has 0 spiro atoms. The molecule has 0 unspecified atom stereocenters. The van der Waals surface area contributed by atoms with Crippen molar-refractivity contribution in [2.75, 3.05) is 13.2 Å². The topological polar surface area (TPSA) is 156 Å². The van der Waals surface area contributed by atoms with Crippen LogP contribution in [0.3, 0.4) is 0 Å². The Morgan fingerprint density at radius 2 is 1.86 bits per heavy atom. The van der Waals surface area contributed by atoms with E-state index in [1.807, 2.05) is 0 Å². The molecule has 0 aliphatic carbocycles. The van der Waals surface area contributed by atoms with E-state index in [-0.39, 0.29) is 28.2 Å². The molecule has 1 N–H and O–H groups in total. The Morgan fingerprint density at radius 3 is 2.45 bits per heavy atom. The van der Waals surface area contributed by atoms with Gasteiger partial charge in [-0.3, -0.25) is 9.35 Å². The van der Waals surface area contributed by atoms with Crippen molar-refractivity contribution in [3.05, 3.63) is 17.7 Å². The third-order valence-corrected chi connectivity index (χ3v) is 4.41. The highest BCUT2D eigenvalue weighted by atomic mass is 32.2. The number of halogens is 2. The number of rotatable bonds is 8. The number of fused-ring (bicyclic) bond motifs is 1. The monoisotopic (exact) mass is 436 g/mol. The quantitative estimate of drug-likeness (QED) is 0.275. The average Bonchev–Trinajstić information content (AvgIpc) is 3.17. The van der Waals surface area contributed by atoms with Crippen LogP contribution in [-0.4, -0.2) is 49.3 Å². The van der Waals surface area contributed by atoms with Gasteiger partial charge in [-0.1, -0.05) is 6.58 Å². The highest BCUT2D eigenvalue weighted by molar-refractivity contribution is 7.86. The number of hydrogen-bond acceptors (Lipinski definition) is 10. The fourth-order valence-corrected chi connectivity index (χ4v) is 2.51. The number of carbonyl (C=O) groups excluding carboxylic acids is 3. The van der Waals surface area contributed by atoms with Crippen molar-refractivity contribution < 1.29 is 59.5 Å². The summed E-state index contributed by atoms with van der Waals surface area (Å²) in [5, 5.41) is -4.59. The molecular weight excluding hydrogens is 426 g/mol. The first kappa shape index (κ1) is 20.6. The summed E-state index contributed by atoms with van der Waals surface area (Å²) in [6.07, 6.45) is 0. The standard InChI is InChI=1S/C15H10F2O11S/c1-5(3-24-4-15(16,17)29(21,22)23)13(19)27-12-10-8(25-6(2)18)7-9(26-10)11(12)28-14(7)20/h1,3-4H2,2H3,(H,21,22,23). The molecule has 0 atom stereocenters. The van der Waals surface area contributed by atoms with Crippen molar-refractivity contribution in [3.8, 4) is 17.2 Å². The molecule has 2 aromatic heterocycles. The van der Waals surface area contributed by atoms with E-state index in [0.717, 1.165) is 6.92 Å². The predicted octanol–water partition coefficient (Wildman–Crippen LogP) is 1.29. The number of ether oxygens (including phenoxy) is 4. The molecule has 3 rings (SSSR count). The summed E-state index contributed by atoms with van der Waals surface area (Å²) in [7, 11) is -5.70. The number of carbonyl (C=O) groups is 3. The zero-order valence-corrected chi connectivity index (χ0v) is 15.1. The lowest BCUT2D eigenvalue weighted by molar-refractivity contribution is -0.132. The number of alkyl halides is 2. The van der Waals surface area contributed by atoms with Gasteiger partial charge < -0.3 is 23.4 Å². The number of benzene rings is 1. The van der Waals surface area contributed by atoms with Gasteiger partial charge in [0, 0.05) is 6.92 Å². The van der Waals surface area contributed by atoms with Crippen LogP contribution in [0.25, 0.3) is 11.2 Å². The van der Waals surface area contributed by atoms with Crippen LogP contribution in [-0.2, 0) is 24.4 Å². The molecule has 0 radical (unpaired) electrons. The van der Waals surface area contributed by atoms with E-state index in [1.165, 1.54) is 0 Å². The molecule has 29 heavy (non-hydrogen) atoms. The first-order valence-electron chi connectivity index (χ1n) is 7.48. The summed E-state index contributed by atoms with van der Waals surface area (Å²) < 4.78 is 79.8. The number of esters is 3. The highest BCUT2D eigenvalue weighted by Gasteiger charge is 2.45. The molecule has 11 nitrogen and oxygen atoms in total. The lowest BCUT2D eigenvalue weighted by Gasteiger charge is -2.13.